The van der Waals surface area contributed by atoms with Gasteiger partial charge in [-0.25, -0.2) is 0 Å². The van der Waals surface area contributed by atoms with Crippen LogP contribution in [0.4, 0.5) is 0 Å². The maximum Gasteiger partial charge on any atom is 0.359 e. The molecule has 2 aliphatic carbocycles. The van der Waals surface area contributed by atoms with Crippen molar-refractivity contribution in [1.82, 2.24) is 0 Å². The van der Waals surface area contributed by atoms with Crippen molar-refractivity contribution in [2.45, 2.75) is 112 Å². The van der Waals surface area contributed by atoms with Gasteiger partial charge >= 0.3 is 7.60 Å². The Hall–Kier alpha value is 0.110. The van der Waals surface area contributed by atoms with Crippen LogP contribution in [0.15, 0.2) is 0 Å². The second-order valence-corrected chi connectivity index (χ2v) is 13.2. The Balaban J connectivity index is 2.28. The summed E-state index contributed by atoms with van der Waals surface area (Å²) in [7, 11) is -3.66. The summed E-state index contributed by atoms with van der Waals surface area (Å²) in [6.07, 6.45) is 6.16. The van der Waals surface area contributed by atoms with Gasteiger partial charge in [-0.1, -0.05) is 68.2 Å². The average molecular weight is 431 g/mol. The van der Waals surface area contributed by atoms with Crippen LogP contribution in [0, 0.1) is 41.4 Å². The van der Waals surface area contributed by atoms with Gasteiger partial charge in [-0.15, -0.1) is 0 Å². The van der Waals surface area contributed by atoms with Crippen molar-refractivity contribution < 1.29 is 18.7 Å². The Morgan fingerprint density at radius 2 is 1.14 bits per heavy atom. The van der Waals surface area contributed by atoms with E-state index in [4.69, 9.17) is 9.05 Å². The normalized spacial score (nSPS) is 37.1. The van der Waals surface area contributed by atoms with Gasteiger partial charge in [0.15, 0.2) is 5.85 Å². The van der Waals surface area contributed by atoms with Crippen molar-refractivity contribution in [3.63, 3.8) is 0 Å². The first-order chi connectivity index (χ1) is 13.4. The van der Waals surface area contributed by atoms with Crippen molar-refractivity contribution in [2.75, 3.05) is 0 Å². The molecule has 7 atom stereocenters. The fourth-order valence-corrected chi connectivity index (χ4v) is 7.63. The Labute approximate surface area is 180 Å². The van der Waals surface area contributed by atoms with E-state index in [0.717, 1.165) is 25.7 Å². The summed E-state index contributed by atoms with van der Waals surface area (Å²) in [5, 5.41) is 11.0. The van der Waals surface area contributed by atoms with E-state index in [1.165, 1.54) is 12.8 Å². The van der Waals surface area contributed by atoms with Gasteiger partial charge in [0.25, 0.3) is 0 Å². The number of hydrogen-bond donors (Lipinski definition) is 1. The molecule has 0 saturated heterocycles. The number of aliphatic hydroxyl groups excluding tert-OH is 1. The lowest BCUT2D eigenvalue weighted by Crippen LogP contribution is -2.38. The molecule has 2 rings (SSSR count). The lowest BCUT2D eigenvalue weighted by molar-refractivity contribution is -0.0186. The molecule has 1 N–H and O–H groups in total. The predicted octanol–water partition coefficient (Wildman–Crippen LogP) is 7.11. The highest BCUT2D eigenvalue weighted by atomic mass is 31.2. The van der Waals surface area contributed by atoms with Gasteiger partial charge in [-0.3, -0.25) is 4.57 Å². The highest BCUT2D eigenvalue weighted by Crippen LogP contribution is 2.60. The van der Waals surface area contributed by atoms with Crippen LogP contribution in [0.3, 0.4) is 0 Å². The standard InChI is InChI=1S/C24H47O4P/c1-15(2)20-11-9-18(7)13-22(20)27-29(26,24(25)17(5)6)28-23-14-19(8)10-12-21(23)16(3)4/h15-25H,9-14H2,1-8H3. The Kier molecular flexibility index (Phi) is 9.29. The average Bonchev–Trinajstić information content (AvgIpc) is 2.60. The minimum Gasteiger partial charge on any atom is -0.380 e. The van der Waals surface area contributed by atoms with E-state index in [1.807, 2.05) is 13.8 Å². The first kappa shape index (κ1) is 25.4. The fraction of sp³-hybridized carbons (Fsp3) is 1.00. The summed E-state index contributed by atoms with van der Waals surface area (Å²) >= 11 is 0. The third-order valence-electron chi connectivity index (χ3n) is 7.41. The maximum absolute atomic E-state index is 14.1. The highest BCUT2D eigenvalue weighted by molar-refractivity contribution is 7.54. The number of aliphatic hydroxyl groups is 1. The van der Waals surface area contributed by atoms with Crippen LogP contribution < -0.4 is 0 Å². The van der Waals surface area contributed by atoms with E-state index in [0.29, 0.717) is 35.5 Å². The zero-order chi connectivity index (χ0) is 21.9. The summed E-state index contributed by atoms with van der Waals surface area (Å²) in [5.41, 5.74) is 0. The molecule has 0 radical (unpaired) electrons. The van der Waals surface area contributed by atoms with Crippen LogP contribution in [0.25, 0.3) is 0 Å². The van der Waals surface area contributed by atoms with Gasteiger partial charge in [-0.05, 0) is 67.1 Å². The molecule has 2 aliphatic rings. The van der Waals surface area contributed by atoms with Crippen LogP contribution in [0.5, 0.6) is 0 Å². The van der Waals surface area contributed by atoms with Gasteiger partial charge in [0.05, 0.1) is 12.2 Å². The summed E-state index contributed by atoms with van der Waals surface area (Å²) < 4.78 is 26.9. The van der Waals surface area contributed by atoms with Crippen molar-refractivity contribution in [3.05, 3.63) is 0 Å². The van der Waals surface area contributed by atoms with Crippen LogP contribution >= 0.6 is 7.60 Å². The molecule has 2 fully saturated rings. The van der Waals surface area contributed by atoms with Gasteiger partial charge in [-0.2, -0.15) is 0 Å². The van der Waals surface area contributed by atoms with E-state index in [9.17, 15) is 9.67 Å². The zero-order valence-corrected chi connectivity index (χ0v) is 21.0. The molecule has 0 aromatic heterocycles. The maximum atomic E-state index is 14.1. The van der Waals surface area contributed by atoms with Crippen molar-refractivity contribution in [3.8, 4) is 0 Å². The third-order valence-corrected chi connectivity index (χ3v) is 9.78. The first-order valence-electron chi connectivity index (χ1n) is 12.1. The van der Waals surface area contributed by atoms with E-state index in [1.54, 1.807) is 0 Å². The lowest BCUT2D eigenvalue weighted by Gasteiger charge is -2.43. The van der Waals surface area contributed by atoms with Crippen molar-refractivity contribution in [2.24, 2.45) is 41.4 Å². The molecule has 0 bridgehead atoms. The molecule has 0 aliphatic heterocycles. The summed E-state index contributed by atoms with van der Waals surface area (Å²) in [5.74, 6) is 1.54. The minimum absolute atomic E-state index is 0.100. The Morgan fingerprint density at radius 1 is 0.759 bits per heavy atom. The highest BCUT2D eigenvalue weighted by Gasteiger charge is 2.46. The second-order valence-electron chi connectivity index (χ2n) is 11.1. The minimum atomic E-state index is -3.66. The smallest absolute Gasteiger partial charge is 0.359 e. The molecule has 172 valence electrons. The van der Waals surface area contributed by atoms with Gasteiger partial charge in [0.2, 0.25) is 0 Å². The molecular weight excluding hydrogens is 383 g/mol. The predicted molar refractivity (Wildman–Crippen MR) is 121 cm³/mol. The van der Waals surface area contributed by atoms with Gasteiger partial charge in [0, 0.05) is 0 Å². The van der Waals surface area contributed by atoms with Crippen LogP contribution in [-0.2, 0) is 13.6 Å². The monoisotopic (exact) mass is 430 g/mol. The third kappa shape index (κ3) is 6.55. The topological polar surface area (TPSA) is 55.8 Å². The molecule has 0 amide bonds. The fourth-order valence-electron chi connectivity index (χ4n) is 5.36. The van der Waals surface area contributed by atoms with Gasteiger partial charge < -0.3 is 14.2 Å². The Morgan fingerprint density at radius 3 is 1.45 bits per heavy atom. The first-order valence-corrected chi connectivity index (χ1v) is 13.7. The number of rotatable bonds is 8. The quantitative estimate of drug-likeness (QED) is 0.417. The molecule has 7 unspecified atom stereocenters. The molecule has 29 heavy (non-hydrogen) atoms. The largest absolute Gasteiger partial charge is 0.380 e. The molecule has 2 saturated carbocycles. The van der Waals surface area contributed by atoms with E-state index in [-0.39, 0.29) is 18.1 Å². The molecule has 0 aromatic carbocycles. The number of hydrogen-bond acceptors (Lipinski definition) is 4. The molecule has 0 spiro atoms. The van der Waals surface area contributed by atoms with Crippen molar-refractivity contribution in [1.29, 1.82) is 0 Å². The van der Waals surface area contributed by atoms with Crippen LogP contribution in [0.1, 0.15) is 93.9 Å². The van der Waals surface area contributed by atoms with Crippen LogP contribution in [-0.4, -0.2) is 23.2 Å². The zero-order valence-electron chi connectivity index (χ0n) is 20.1. The Bertz CT molecular complexity index is 509. The van der Waals surface area contributed by atoms with E-state index >= 15 is 0 Å². The van der Waals surface area contributed by atoms with E-state index < -0.39 is 13.4 Å². The molecule has 4 nitrogen and oxygen atoms in total. The van der Waals surface area contributed by atoms with Crippen molar-refractivity contribution >= 4 is 7.60 Å². The van der Waals surface area contributed by atoms with Crippen LogP contribution in [0.2, 0.25) is 0 Å². The van der Waals surface area contributed by atoms with E-state index in [2.05, 4.69) is 41.5 Å². The second kappa shape index (κ2) is 10.6. The summed E-state index contributed by atoms with van der Waals surface area (Å²) in [6.45, 7) is 17.2. The SMILES string of the molecule is CC1CCC(C(C)C)C(OP(=O)(OC2CC(C)CCC2C(C)C)C(O)C(C)C)C1. The molecule has 5 heteroatoms. The summed E-state index contributed by atoms with van der Waals surface area (Å²) in [4.78, 5) is 0. The molecule has 0 heterocycles. The lowest BCUT2D eigenvalue weighted by atomic mass is 9.75. The molecular formula is C24H47O4P. The van der Waals surface area contributed by atoms with Gasteiger partial charge in [0.1, 0.15) is 0 Å². The summed E-state index contributed by atoms with van der Waals surface area (Å²) in [6, 6.07) is 0. The molecule has 0 aromatic rings.